The maximum atomic E-state index is 13.4. The molecule has 1 unspecified atom stereocenters. The maximum Gasteiger partial charge on any atom is 0.163 e. The van der Waals surface area contributed by atoms with Gasteiger partial charge in [0.15, 0.2) is 6.17 Å². The fraction of sp³-hybridized carbons (Fsp3) is 0.368. The van der Waals surface area contributed by atoms with Gasteiger partial charge in [-0.1, -0.05) is 17.7 Å². The molecule has 0 amide bonds. The number of alkyl halides is 2. The molecule has 4 nitrogen and oxygen atoms in total. The summed E-state index contributed by atoms with van der Waals surface area (Å²) in [5.41, 5.74) is 1.87. The van der Waals surface area contributed by atoms with Gasteiger partial charge in [0.1, 0.15) is 19.4 Å². The molecule has 0 bridgehead atoms. The molecular weight excluding hydrogens is 358 g/mol. The zero-order valence-electron chi connectivity index (χ0n) is 14.5. The van der Waals surface area contributed by atoms with Crippen LogP contribution in [-0.4, -0.2) is 35.1 Å². The topological polar surface area (TPSA) is 44.3 Å². The first-order valence-corrected chi connectivity index (χ1v) is 8.74. The molecule has 1 aromatic carbocycles. The van der Waals surface area contributed by atoms with Gasteiger partial charge in [-0.15, -0.1) is 0 Å². The Morgan fingerprint density at radius 1 is 1.31 bits per heavy atom. The second-order valence-corrected chi connectivity index (χ2v) is 6.86. The van der Waals surface area contributed by atoms with Crippen LogP contribution >= 0.6 is 11.6 Å². The van der Waals surface area contributed by atoms with Crippen LogP contribution in [0, 0.1) is 11.3 Å². The third-order valence-electron chi connectivity index (χ3n) is 4.51. The summed E-state index contributed by atoms with van der Waals surface area (Å²) >= 11 is 6.16. The van der Waals surface area contributed by atoms with Gasteiger partial charge in [-0.25, -0.2) is 8.78 Å². The standard InChI is InChI=1S/C19H19ClF2N4/c1-12(2)26-17-8-13(20)4-5-15(17)16(11-23)18(26)19-24-6-3-7-25(19)14(9-21)10-22/h3-8,12,14,19H,9-10H2,1-2H3. The number of nitrogens with zero attached hydrogens (tertiary/aromatic N) is 4. The largest absolute Gasteiger partial charge is 0.343 e. The number of aliphatic imine (C=N–C) groups is 1. The summed E-state index contributed by atoms with van der Waals surface area (Å²) in [5.74, 6) is 0. The Kier molecular flexibility index (Phi) is 5.28. The number of allylic oxidation sites excluding steroid dienone is 1. The number of benzene rings is 1. The fourth-order valence-corrected chi connectivity index (χ4v) is 3.56. The highest BCUT2D eigenvalue weighted by molar-refractivity contribution is 6.31. The van der Waals surface area contributed by atoms with Gasteiger partial charge < -0.3 is 9.47 Å². The SMILES string of the molecule is CC(C)n1c(C2N=CC=CN2C(CF)CF)c(C#N)c2ccc(Cl)cc21. The number of aromatic nitrogens is 1. The van der Waals surface area contributed by atoms with Gasteiger partial charge >= 0.3 is 0 Å². The predicted molar refractivity (Wildman–Crippen MR) is 100.0 cm³/mol. The maximum absolute atomic E-state index is 13.4. The van der Waals surface area contributed by atoms with Crippen molar-refractivity contribution in [3.63, 3.8) is 0 Å². The zero-order valence-corrected chi connectivity index (χ0v) is 15.3. The average molecular weight is 377 g/mol. The lowest BCUT2D eigenvalue weighted by molar-refractivity contribution is 0.142. The van der Waals surface area contributed by atoms with E-state index >= 15 is 0 Å². The molecule has 7 heteroatoms. The third-order valence-corrected chi connectivity index (χ3v) is 4.74. The molecule has 3 rings (SSSR count). The fourth-order valence-electron chi connectivity index (χ4n) is 3.39. The molecule has 2 aromatic rings. The van der Waals surface area contributed by atoms with Crippen LogP contribution < -0.4 is 0 Å². The molecule has 1 aliphatic heterocycles. The summed E-state index contributed by atoms with van der Waals surface area (Å²) in [7, 11) is 0. The van der Waals surface area contributed by atoms with Crippen molar-refractivity contribution in [3.8, 4) is 6.07 Å². The molecule has 1 aromatic heterocycles. The van der Waals surface area contributed by atoms with Gasteiger partial charge in [0.25, 0.3) is 0 Å². The van der Waals surface area contributed by atoms with Crippen molar-refractivity contribution >= 4 is 28.7 Å². The van der Waals surface area contributed by atoms with Gasteiger partial charge in [-0.3, -0.25) is 4.99 Å². The highest BCUT2D eigenvalue weighted by Crippen LogP contribution is 2.38. The van der Waals surface area contributed by atoms with Crippen LogP contribution in [-0.2, 0) is 0 Å². The number of halogens is 3. The Morgan fingerprint density at radius 3 is 2.65 bits per heavy atom. The van der Waals surface area contributed by atoms with Crippen LogP contribution in [0.2, 0.25) is 5.02 Å². The highest BCUT2D eigenvalue weighted by Gasteiger charge is 2.32. The van der Waals surface area contributed by atoms with E-state index in [1.807, 2.05) is 18.4 Å². The highest BCUT2D eigenvalue weighted by atomic mass is 35.5. The molecule has 136 valence electrons. The van der Waals surface area contributed by atoms with Crippen molar-refractivity contribution in [1.29, 1.82) is 5.26 Å². The Balaban J connectivity index is 2.29. The number of hydrogen-bond acceptors (Lipinski definition) is 3. The van der Waals surface area contributed by atoms with E-state index in [0.717, 1.165) is 10.9 Å². The summed E-state index contributed by atoms with van der Waals surface area (Å²) in [6, 6.07) is 6.63. The molecule has 2 heterocycles. The Labute approximate surface area is 156 Å². The molecule has 26 heavy (non-hydrogen) atoms. The number of hydrogen-bond donors (Lipinski definition) is 0. The summed E-state index contributed by atoms with van der Waals surface area (Å²) in [4.78, 5) is 5.98. The first-order chi connectivity index (χ1) is 12.5. The van der Waals surface area contributed by atoms with Crippen LogP contribution in [0.1, 0.15) is 37.3 Å². The summed E-state index contributed by atoms with van der Waals surface area (Å²) in [5, 5.41) is 11.1. The lowest BCUT2D eigenvalue weighted by atomic mass is 10.1. The van der Waals surface area contributed by atoms with Crippen molar-refractivity contribution in [1.82, 2.24) is 9.47 Å². The summed E-state index contributed by atoms with van der Waals surface area (Å²) in [6.07, 6.45) is 4.17. The minimum Gasteiger partial charge on any atom is -0.343 e. The number of rotatable bonds is 5. The minimum atomic E-state index is -0.956. The monoisotopic (exact) mass is 376 g/mol. The second kappa shape index (κ2) is 7.46. The number of fused-ring (bicyclic) bond motifs is 1. The lowest BCUT2D eigenvalue weighted by Gasteiger charge is -2.35. The summed E-state index contributed by atoms with van der Waals surface area (Å²) in [6.45, 7) is 2.28. The molecule has 1 aliphatic rings. The molecule has 0 fully saturated rings. The predicted octanol–water partition coefficient (Wildman–Crippen LogP) is 4.95. The molecule has 0 aliphatic carbocycles. The Bertz CT molecular complexity index is 906. The van der Waals surface area contributed by atoms with Crippen molar-refractivity contribution in [2.45, 2.75) is 32.1 Å². The van der Waals surface area contributed by atoms with E-state index < -0.39 is 25.6 Å². The van der Waals surface area contributed by atoms with Gasteiger partial charge in [-0.05, 0) is 32.1 Å². The van der Waals surface area contributed by atoms with Gasteiger partial charge in [0, 0.05) is 28.9 Å². The normalized spacial score (nSPS) is 16.8. The van der Waals surface area contributed by atoms with E-state index in [-0.39, 0.29) is 6.04 Å². The van der Waals surface area contributed by atoms with Crippen LogP contribution in [0.15, 0.2) is 35.5 Å². The van der Waals surface area contributed by atoms with E-state index in [1.165, 1.54) is 4.90 Å². The van der Waals surface area contributed by atoms with Gasteiger partial charge in [-0.2, -0.15) is 5.26 Å². The molecular formula is C19H19ClF2N4. The second-order valence-electron chi connectivity index (χ2n) is 6.42. The van der Waals surface area contributed by atoms with Crippen molar-refractivity contribution in [2.24, 2.45) is 4.99 Å². The molecule has 0 saturated carbocycles. The average Bonchev–Trinajstić information content (AvgIpc) is 2.96. The van der Waals surface area contributed by atoms with E-state index in [2.05, 4.69) is 11.1 Å². The number of nitriles is 1. The molecule has 0 N–H and O–H groups in total. The molecule has 0 saturated heterocycles. The summed E-state index contributed by atoms with van der Waals surface area (Å²) < 4.78 is 28.7. The van der Waals surface area contributed by atoms with Crippen LogP contribution in [0.25, 0.3) is 10.9 Å². The van der Waals surface area contributed by atoms with Gasteiger partial charge in [0.05, 0.1) is 22.8 Å². The van der Waals surface area contributed by atoms with Crippen LogP contribution in [0.3, 0.4) is 0 Å². The first-order valence-electron chi connectivity index (χ1n) is 8.36. The molecule has 0 spiro atoms. The Hall–Kier alpha value is -2.39. The lowest BCUT2D eigenvalue weighted by Crippen LogP contribution is -2.39. The third kappa shape index (κ3) is 2.97. The van der Waals surface area contributed by atoms with E-state index in [1.54, 1.807) is 36.7 Å². The quantitative estimate of drug-likeness (QED) is 0.740. The van der Waals surface area contributed by atoms with Crippen molar-refractivity contribution < 1.29 is 8.78 Å². The minimum absolute atomic E-state index is 0.00484. The van der Waals surface area contributed by atoms with E-state index in [4.69, 9.17) is 11.6 Å². The first kappa shape index (κ1) is 18.4. The van der Waals surface area contributed by atoms with E-state index in [9.17, 15) is 14.0 Å². The van der Waals surface area contributed by atoms with Gasteiger partial charge in [0.2, 0.25) is 0 Å². The van der Waals surface area contributed by atoms with Crippen LogP contribution in [0.5, 0.6) is 0 Å². The van der Waals surface area contributed by atoms with E-state index in [0.29, 0.717) is 16.3 Å². The Morgan fingerprint density at radius 2 is 2.04 bits per heavy atom. The van der Waals surface area contributed by atoms with Crippen molar-refractivity contribution in [2.75, 3.05) is 13.3 Å². The zero-order chi connectivity index (χ0) is 18.8. The van der Waals surface area contributed by atoms with Crippen molar-refractivity contribution in [3.05, 3.63) is 46.8 Å². The molecule has 1 atom stereocenters. The van der Waals surface area contributed by atoms with Crippen LogP contribution in [0.4, 0.5) is 8.78 Å². The smallest absolute Gasteiger partial charge is 0.163 e. The molecule has 0 radical (unpaired) electrons.